The number of esters is 1. The van der Waals surface area contributed by atoms with Gasteiger partial charge >= 0.3 is 5.97 Å². The summed E-state index contributed by atoms with van der Waals surface area (Å²) in [6.45, 7) is 0.0925. The van der Waals surface area contributed by atoms with E-state index in [4.69, 9.17) is 9.47 Å². The van der Waals surface area contributed by atoms with Gasteiger partial charge in [-0.25, -0.2) is 0 Å². The maximum Gasteiger partial charge on any atom is 0.309 e. The van der Waals surface area contributed by atoms with Crippen LogP contribution >= 0.6 is 0 Å². The van der Waals surface area contributed by atoms with Crippen LogP contribution in [0.3, 0.4) is 0 Å². The van der Waals surface area contributed by atoms with Crippen LogP contribution in [0.15, 0.2) is 48.5 Å². The van der Waals surface area contributed by atoms with Crippen LogP contribution in [-0.4, -0.2) is 38.0 Å². The number of carbonyl (C=O) groups excluding carboxylic acids is 3. The van der Waals surface area contributed by atoms with Crippen molar-refractivity contribution in [1.29, 1.82) is 0 Å². The highest BCUT2D eigenvalue weighted by Gasteiger charge is 2.31. The second-order valence-electron chi connectivity index (χ2n) is 6.83. The van der Waals surface area contributed by atoms with Crippen molar-refractivity contribution >= 4 is 23.5 Å². The molecule has 1 aliphatic carbocycles. The van der Waals surface area contributed by atoms with Crippen molar-refractivity contribution in [2.24, 2.45) is 5.92 Å². The summed E-state index contributed by atoms with van der Waals surface area (Å²) >= 11 is 0. The number of nitrogens with one attached hydrogen (secondary N) is 2. The van der Waals surface area contributed by atoms with Gasteiger partial charge in [0, 0.05) is 6.54 Å². The number of rotatable bonds is 9. The molecule has 2 aromatic carbocycles. The number of ether oxygens (including phenoxy) is 2. The Bertz CT molecular complexity index is 875. The molecule has 0 unspecified atom stereocenters. The number of anilines is 1. The van der Waals surface area contributed by atoms with Gasteiger partial charge in [-0.1, -0.05) is 24.3 Å². The summed E-state index contributed by atoms with van der Waals surface area (Å²) in [6, 6.07) is 14.4. The van der Waals surface area contributed by atoms with Gasteiger partial charge < -0.3 is 20.1 Å². The van der Waals surface area contributed by atoms with Crippen LogP contribution in [0.1, 0.15) is 28.8 Å². The van der Waals surface area contributed by atoms with Gasteiger partial charge in [0.2, 0.25) is 0 Å². The topological polar surface area (TPSA) is 93.7 Å². The molecule has 1 aliphatic rings. The van der Waals surface area contributed by atoms with Crippen LogP contribution in [0.25, 0.3) is 0 Å². The molecular weight excluding hydrogens is 372 g/mol. The Morgan fingerprint density at radius 2 is 1.76 bits per heavy atom. The van der Waals surface area contributed by atoms with Gasteiger partial charge in [0.15, 0.2) is 6.61 Å². The lowest BCUT2D eigenvalue weighted by Gasteiger charge is -2.12. The molecule has 0 radical (unpaired) electrons. The van der Waals surface area contributed by atoms with Crippen LogP contribution < -0.4 is 15.4 Å². The first-order valence-corrected chi connectivity index (χ1v) is 9.53. The SMILES string of the molecule is COc1ccc(CCNC(=O)c2ccccc2NC(=O)COC(=O)C2CC2)cc1. The summed E-state index contributed by atoms with van der Waals surface area (Å²) in [5, 5.41) is 5.49. The summed E-state index contributed by atoms with van der Waals surface area (Å²) in [5.74, 6) is -0.386. The predicted octanol–water partition coefficient (Wildman–Crippen LogP) is 2.56. The average Bonchev–Trinajstić information content (AvgIpc) is 3.58. The zero-order chi connectivity index (χ0) is 20.6. The third-order valence-corrected chi connectivity index (χ3v) is 4.56. The molecule has 0 aromatic heterocycles. The van der Waals surface area contributed by atoms with E-state index < -0.39 is 5.91 Å². The van der Waals surface area contributed by atoms with Gasteiger partial charge in [-0.05, 0) is 49.1 Å². The highest BCUT2D eigenvalue weighted by Crippen LogP contribution is 2.30. The number of benzene rings is 2. The van der Waals surface area contributed by atoms with Crippen LogP contribution in [-0.2, 0) is 20.7 Å². The van der Waals surface area contributed by atoms with E-state index in [0.717, 1.165) is 24.2 Å². The fraction of sp³-hybridized carbons (Fsp3) is 0.318. The van der Waals surface area contributed by atoms with Crippen LogP contribution in [0.4, 0.5) is 5.69 Å². The maximum absolute atomic E-state index is 12.5. The Morgan fingerprint density at radius 3 is 2.45 bits per heavy atom. The van der Waals surface area contributed by atoms with E-state index in [1.807, 2.05) is 24.3 Å². The molecule has 0 saturated heterocycles. The summed E-state index contributed by atoms with van der Waals surface area (Å²) in [5.41, 5.74) is 1.80. The van der Waals surface area contributed by atoms with Crippen molar-refractivity contribution in [3.8, 4) is 5.75 Å². The van der Waals surface area contributed by atoms with Crippen LogP contribution in [0.2, 0.25) is 0 Å². The minimum Gasteiger partial charge on any atom is -0.497 e. The van der Waals surface area contributed by atoms with Gasteiger partial charge in [-0.3, -0.25) is 14.4 Å². The van der Waals surface area contributed by atoms with E-state index >= 15 is 0 Å². The second-order valence-corrected chi connectivity index (χ2v) is 6.83. The van der Waals surface area contributed by atoms with Crippen molar-refractivity contribution in [1.82, 2.24) is 5.32 Å². The molecule has 7 heteroatoms. The predicted molar refractivity (Wildman–Crippen MR) is 108 cm³/mol. The Hall–Kier alpha value is -3.35. The molecule has 7 nitrogen and oxygen atoms in total. The number of methoxy groups -OCH3 is 1. The minimum absolute atomic E-state index is 0.0634. The van der Waals surface area contributed by atoms with Crippen molar-refractivity contribution in [3.63, 3.8) is 0 Å². The monoisotopic (exact) mass is 396 g/mol. The van der Waals surface area contributed by atoms with Crippen molar-refractivity contribution in [3.05, 3.63) is 59.7 Å². The molecule has 2 N–H and O–H groups in total. The third kappa shape index (κ3) is 6.07. The van der Waals surface area contributed by atoms with Crippen LogP contribution in [0.5, 0.6) is 5.75 Å². The van der Waals surface area contributed by atoms with Crippen LogP contribution in [0, 0.1) is 5.92 Å². The van der Waals surface area contributed by atoms with Gasteiger partial charge in [0.25, 0.3) is 11.8 Å². The maximum atomic E-state index is 12.5. The lowest BCUT2D eigenvalue weighted by atomic mass is 10.1. The van der Waals surface area contributed by atoms with Crippen molar-refractivity contribution in [2.75, 3.05) is 25.6 Å². The number of hydrogen-bond donors (Lipinski definition) is 2. The van der Waals surface area contributed by atoms with Gasteiger partial charge in [-0.15, -0.1) is 0 Å². The number of para-hydroxylation sites is 1. The van der Waals surface area contributed by atoms with E-state index in [0.29, 0.717) is 24.2 Å². The van der Waals surface area contributed by atoms with Crippen molar-refractivity contribution < 1.29 is 23.9 Å². The highest BCUT2D eigenvalue weighted by molar-refractivity contribution is 6.04. The number of amides is 2. The smallest absolute Gasteiger partial charge is 0.309 e. The molecule has 0 atom stereocenters. The molecule has 0 spiro atoms. The van der Waals surface area contributed by atoms with Gasteiger partial charge in [0.05, 0.1) is 24.3 Å². The molecule has 29 heavy (non-hydrogen) atoms. The minimum atomic E-state index is -0.475. The lowest BCUT2D eigenvalue weighted by Crippen LogP contribution is -2.28. The molecule has 2 aromatic rings. The van der Waals surface area contributed by atoms with Crippen molar-refractivity contribution in [2.45, 2.75) is 19.3 Å². The van der Waals surface area contributed by atoms with E-state index in [1.165, 1.54) is 0 Å². The number of carbonyl (C=O) groups is 3. The standard InChI is InChI=1S/C22H24N2O5/c1-28-17-10-6-15(7-11-17)12-13-23-21(26)18-4-2-3-5-19(18)24-20(25)14-29-22(27)16-8-9-16/h2-7,10-11,16H,8-9,12-14H2,1H3,(H,23,26)(H,24,25). The Balaban J connectivity index is 1.50. The Labute approximate surface area is 169 Å². The molecular formula is C22H24N2O5. The summed E-state index contributed by atoms with van der Waals surface area (Å²) in [7, 11) is 1.61. The zero-order valence-corrected chi connectivity index (χ0v) is 16.3. The first-order valence-electron chi connectivity index (χ1n) is 9.53. The highest BCUT2D eigenvalue weighted by atomic mass is 16.5. The van der Waals surface area contributed by atoms with E-state index in [9.17, 15) is 14.4 Å². The Kier molecular flexibility index (Phi) is 6.84. The molecule has 0 heterocycles. The molecule has 3 rings (SSSR count). The third-order valence-electron chi connectivity index (χ3n) is 4.56. The lowest BCUT2D eigenvalue weighted by molar-refractivity contribution is -0.148. The quantitative estimate of drug-likeness (QED) is 0.636. The summed E-state index contributed by atoms with van der Waals surface area (Å²) in [4.78, 5) is 36.1. The average molecular weight is 396 g/mol. The van der Waals surface area contributed by atoms with E-state index in [2.05, 4.69) is 10.6 Å². The first-order chi connectivity index (χ1) is 14.1. The second kappa shape index (κ2) is 9.73. The summed E-state index contributed by atoms with van der Waals surface area (Å²) in [6.07, 6.45) is 2.31. The largest absolute Gasteiger partial charge is 0.497 e. The fourth-order valence-electron chi connectivity index (χ4n) is 2.76. The van der Waals surface area contributed by atoms with E-state index in [-0.39, 0.29) is 24.4 Å². The molecule has 1 saturated carbocycles. The first kappa shape index (κ1) is 20.4. The van der Waals surface area contributed by atoms with E-state index in [1.54, 1.807) is 31.4 Å². The fourth-order valence-corrected chi connectivity index (χ4v) is 2.76. The molecule has 0 bridgehead atoms. The molecule has 2 amide bonds. The summed E-state index contributed by atoms with van der Waals surface area (Å²) < 4.78 is 10.1. The number of hydrogen-bond acceptors (Lipinski definition) is 5. The normalized spacial score (nSPS) is 12.7. The molecule has 152 valence electrons. The molecule has 1 fully saturated rings. The molecule has 0 aliphatic heterocycles. The van der Waals surface area contributed by atoms with Gasteiger partial charge in [0.1, 0.15) is 5.75 Å². The van der Waals surface area contributed by atoms with Gasteiger partial charge in [-0.2, -0.15) is 0 Å². The Morgan fingerprint density at radius 1 is 1.03 bits per heavy atom. The zero-order valence-electron chi connectivity index (χ0n) is 16.3.